The highest BCUT2D eigenvalue weighted by atomic mass is 19.1. The molecule has 2 atom stereocenters. The summed E-state index contributed by atoms with van der Waals surface area (Å²) >= 11 is 0. The van der Waals surface area contributed by atoms with Crippen LogP contribution in [0.1, 0.15) is 17.5 Å². The molecule has 3 aliphatic rings. The Morgan fingerprint density at radius 2 is 1.85 bits per heavy atom. The van der Waals surface area contributed by atoms with Crippen molar-refractivity contribution in [1.29, 1.82) is 0 Å². The van der Waals surface area contributed by atoms with Crippen LogP contribution in [-0.2, 0) is 11.2 Å². The van der Waals surface area contributed by atoms with E-state index in [1.807, 2.05) is 30.3 Å². The number of nitrogen functional groups attached to an aromatic ring is 1. The summed E-state index contributed by atoms with van der Waals surface area (Å²) in [6.07, 6.45) is 2.39. The van der Waals surface area contributed by atoms with Crippen LogP contribution in [0.25, 0.3) is 28.0 Å². The number of rotatable bonds is 3. The molecule has 4 heterocycles. The van der Waals surface area contributed by atoms with E-state index in [4.69, 9.17) is 10.5 Å². The van der Waals surface area contributed by atoms with Crippen molar-refractivity contribution in [2.75, 3.05) is 36.9 Å². The van der Waals surface area contributed by atoms with Gasteiger partial charge in [-0.05, 0) is 47.7 Å². The van der Waals surface area contributed by atoms with Crippen LogP contribution in [-0.4, -0.2) is 37.3 Å². The average Bonchev–Trinajstić information content (AvgIpc) is 3.42. The van der Waals surface area contributed by atoms with E-state index in [1.54, 1.807) is 0 Å². The van der Waals surface area contributed by atoms with Crippen molar-refractivity contribution in [3.63, 3.8) is 0 Å². The van der Waals surface area contributed by atoms with Gasteiger partial charge in [-0.3, -0.25) is 0 Å². The molecule has 2 saturated heterocycles. The average molecular weight is 443 g/mol. The number of nitrogens with one attached hydrogen (secondary N) is 1. The second kappa shape index (κ2) is 7.89. The number of nitrogens with zero attached hydrogens (tertiary/aromatic N) is 2. The maximum atomic E-state index is 14.9. The summed E-state index contributed by atoms with van der Waals surface area (Å²) in [6.45, 7) is 7.76. The smallest absolute Gasteiger partial charge is 0.222 e. The number of halogens is 1. The molecule has 3 N–H and O–H groups in total. The number of aromatic nitrogens is 1. The number of pyridine rings is 1. The molecule has 6 heteroatoms. The van der Waals surface area contributed by atoms with E-state index in [-0.39, 0.29) is 5.82 Å². The minimum Gasteiger partial charge on any atom is -0.385 e. The lowest BCUT2D eigenvalue weighted by atomic mass is 9.93. The van der Waals surface area contributed by atoms with Crippen LogP contribution in [0.5, 0.6) is 0 Å². The van der Waals surface area contributed by atoms with E-state index in [0.29, 0.717) is 17.6 Å². The van der Waals surface area contributed by atoms with Gasteiger partial charge in [0, 0.05) is 60.2 Å². The standard InChI is InChI=1S/C27H27FN4O/c1-16-22-7-4-18(12-19(22)8-10-30-16)24-13-23(26(28)31-27(24)29)17-2-5-21(6-3-17)32-14-20-9-11-33-25(20)15-32/h2-7,12-13,20,25,30H,1,8-11,14-15H2,(H2,29,31)/t20-,25?/m0/s1. The van der Waals surface area contributed by atoms with Crippen molar-refractivity contribution in [3.05, 3.63) is 72.2 Å². The van der Waals surface area contributed by atoms with Gasteiger partial charge in [0.1, 0.15) is 5.82 Å². The first-order valence-electron chi connectivity index (χ1n) is 11.6. The van der Waals surface area contributed by atoms with Crippen LogP contribution in [0.4, 0.5) is 15.9 Å². The van der Waals surface area contributed by atoms with Gasteiger partial charge in [0.15, 0.2) is 0 Å². The zero-order valence-electron chi connectivity index (χ0n) is 18.5. The van der Waals surface area contributed by atoms with Gasteiger partial charge in [-0.2, -0.15) is 4.39 Å². The van der Waals surface area contributed by atoms with Gasteiger partial charge in [-0.15, -0.1) is 0 Å². The number of ether oxygens (including phenoxy) is 1. The van der Waals surface area contributed by atoms with Gasteiger partial charge in [-0.1, -0.05) is 36.9 Å². The van der Waals surface area contributed by atoms with Crippen LogP contribution in [0.15, 0.2) is 55.1 Å². The van der Waals surface area contributed by atoms with E-state index >= 15 is 0 Å². The molecule has 5 nitrogen and oxygen atoms in total. The summed E-state index contributed by atoms with van der Waals surface area (Å²) in [7, 11) is 0. The van der Waals surface area contributed by atoms with Crippen molar-refractivity contribution < 1.29 is 9.13 Å². The summed E-state index contributed by atoms with van der Waals surface area (Å²) < 4.78 is 20.7. The quantitative estimate of drug-likeness (QED) is 0.586. The van der Waals surface area contributed by atoms with Gasteiger partial charge in [0.05, 0.1) is 6.10 Å². The molecule has 0 spiro atoms. The number of anilines is 2. The largest absolute Gasteiger partial charge is 0.385 e. The Morgan fingerprint density at radius 3 is 2.67 bits per heavy atom. The molecule has 0 aliphatic carbocycles. The summed E-state index contributed by atoms with van der Waals surface area (Å²) in [5.74, 6) is 0.267. The molecule has 0 amide bonds. The molecule has 3 aliphatic heterocycles. The SMILES string of the molecule is C=C1NCCc2cc(-c3cc(-c4ccc(N5CC6OCC[C@H]6C5)cc4)c(F)nc3N)ccc21. The van der Waals surface area contributed by atoms with Crippen molar-refractivity contribution in [2.24, 2.45) is 5.92 Å². The molecule has 2 fully saturated rings. The van der Waals surface area contributed by atoms with Crippen LogP contribution < -0.4 is 16.0 Å². The van der Waals surface area contributed by atoms with E-state index < -0.39 is 5.95 Å². The fourth-order valence-corrected chi connectivity index (χ4v) is 5.38. The minimum atomic E-state index is -0.552. The van der Waals surface area contributed by atoms with Gasteiger partial charge in [-0.25, -0.2) is 4.98 Å². The molecule has 1 unspecified atom stereocenters. The number of nitrogens with two attached hydrogens (primary N) is 1. The molecule has 3 aromatic rings. The Morgan fingerprint density at radius 1 is 1.03 bits per heavy atom. The van der Waals surface area contributed by atoms with E-state index in [9.17, 15) is 4.39 Å². The Kier molecular flexibility index (Phi) is 4.84. The third-order valence-electron chi connectivity index (χ3n) is 7.22. The molecule has 168 valence electrons. The summed E-state index contributed by atoms with van der Waals surface area (Å²) in [5, 5.41) is 3.29. The van der Waals surface area contributed by atoms with Crippen molar-refractivity contribution in [1.82, 2.24) is 10.3 Å². The Balaban J connectivity index is 1.31. The molecule has 2 aromatic carbocycles. The monoisotopic (exact) mass is 442 g/mol. The lowest BCUT2D eigenvalue weighted by Crippen LogP contribution is -2.22. The van der Waals surface area contributed by atoms with E-state index in [0.717, 1.165) is 72.7 Å². The second-order valence-electron chi connectivity index (χ2n) is 9.20. The highest BCUT2D eigenvalue weighted by Crippen LogP contribution is 2.36. The molecule has 0 radical (unpaired) electrons. The van der Waals surface area contributed by atoms with Crippen LogP contribution in [0, 0.1) is 11.9 Å². The molecule has 6 rings (SSSR count). The maximum Gasteiger partial charge on any atom is 0.222 e. The molecular formula is C27H27FN4O. The zero-order chi connectivity index (χ0) is 22.5. The third kappa shape index (κ3) is 3.55. The predicted molar refractivity (Wildman–Crippen MR) is 130 cm³/mol. The van der Waals surface area contributed by atoms with Crippen molar-refractivity contribution in [2.45, 2.75) is 18.9 Å². The van der Waals surface area contributed by atoms with E-state index in [2.05, 4.69) is 40.0 Å². The second-order valence-corrected chi connectivity index (χ2v) is 9.20. The van der Waals surface area contributed by atoms with E-state index in [1.165, 1.54) is 5.56 Å². The van der Waals surface area contributed by atoms with Crippen molar-refractivity contribution in [3.8, 4) is 22.3 Å². The van der Waals surface area contributed by atoms with Gasteiger partial charge < -0.3 is 20.7 Å². The Hall–Kier alpha value is -3.38. The van der Waals surface area contributed by atoms with Gasteiger partial charge in [0.2, 0.25) is 5.95 Å². The highest BCUT2D eigenvalue weighted by Gasteiger charge is 2.37. The van der Waals surface area contributed by atoms with Crippen LogP contribution in [0.2, 0.25) is 0 Å². The summed E-state index contributed by atoms with van der Waals surface area (Å²) in [5.41, 5.74) is 13.5. The molecular weight excluding hydrogens is 415 g/mol. The summed E-state index contributed by atoms with van der Waals surface area (Å²) in [6, 6.07) is 16.0. The molecule has 0 saturated carbocycles. The maximum absolute atomic E-state index is 14.9. The zero-order valence-corrected chi connectivity index (χ0v) is 18.5. The number of fused-ring (bicyclic) bond motifs is 2. The first-order chi connectivity index (χ1) is 16.1. The molecule has 0 bridgehead atoms. The van der Waals surface area contributed by atoms with Crippen LogP contribution in [0.3, 0.4) is 0 Å². The normalized spacial score (nSPS) is 21.6. The van der Waals surface area contributed by atoms with Gasteiger partial charge in [0.25, 0.3) is 0 Å². The summed E-state index contributed by atoms with van der Waals surface area (Å²) in [4.78, 5) is 6.40. The highest BCUT2D eigenvalue weighted by molar-refractivity contribution is 5.82. The van der Waals surface area contributed by atoms with Gasteiger partial charge >= 0.3 is 0 Å². The Bertz CT molecular complexity index is 1230. The number of hydrogen-bond donors (Lipinski definition) is 2. The Labute approximate surface area is 193 Å². The van der Waals surface area contributed by atoms with Crippen molar-refractivity contribution >= 4 is 17.2 Å². The molecule has 1 aromatic heterocycles. The minimum absolute atomic E-state index is 0.198. The fraction of sp³-hybridized carbons (Fsp3) is 0.296. The number of benzene rings is 2. The lowest BCUT2D eigenvalue weighted by molar-refractivity contribution is 0.114. The number of hydrogen-bond acceptors (Lipinski definition) is 5. The topological polar surface area (TPSA) is 63.4 Å². The first kappa shape index (κ1) is 20.2. The lowest BCUT2D eigenvalue weighted by Gasteiger charge is -2.21. The van der Waals surface area contributed by atoms with Crippen LogP contribution >= 0.6 is 0 Å². The predicted octanol–water partition coefficient (Wildman–Crippen LogP) is 4.48. The fourth-order valence-electron chi connectivity index (χ4n) is 5.38. The molecule has 33 heavy (non-hydrogen) atoms. The first-order valence-corrected chi connectivity index (χ1v) is 11.6. The third-order valence-corrected chi connectivity index (χ3v) is 7.22.